The molecule has 17 heavy (non-hydrogen) atoms. The minimum absolute atomic E-state index is 0.849. The zero-order valence-corrected chi connectivity index (χ0v) is 12.1. The second kappa shape index (κ2) is 5.83. The average molecular weight is 298 g/mol. The molecule has 0 saturated heterocycles. The molecule has 0 unspecified atom stereocenters. The molecule has 0 radical (unpaired) electrons. The number of hydrogen-bond acceptors (Lipinski definition) is 3. The van der Waals surface area contributed by atoms with Gasteiger partial charge in [-0.1, -0.05) is 6.92 Å². The molecule has 2 rings (SSSR count). The van der Waals surface area contributed by atoms with E-state index in [2.05, 4.69) is 51.0 Å². The molecule has 1 heterocycles. The van der Waals surface area contributed by atoms with Crippen LogP contribution in [0.25, 0.3) is 0 Å². The molecule has 0 amide bonds. The fourth-order valence-corrected chi connectivity index (χ4v) is 2.22. The fourth-order valence-electron chi connectivity index (χ4n) is 2.00. The standard InChI is InChI=1S/C13H20BrN3/c1-3-17(11-4-5-11)7-6-15-13-8-10(2)12(14)9-16-13/h8-9,11H,3-7H2,1-2H3,(H,15,16). The molecule has 0 bridgehead atoms. The van der Waals surface area contributed by atoms with Crippen molar-refractivity contribution in [2.75, 3.05) is 25.0 Å². The third kappa shape index (κ3) is 3.68. The molecule has 0 spiro atoms. The number of nitrogens with zero attached hydrogens (tertiary/aromatic N) is 2. The Morgan fingerprint density at radius 3 is 2.88 bits per heavy atom. The van der Waals surface area contributed by atoms with Gasteiger partial charge in [-0.2, -0.15) is 0 Å². The van der Waals surface area contributed by atoms with E-state index in [0.717, 1.165) is 36.0 Å². The smallest absolute Gasteiger partial charge is 0.126 e. The SMILES string of the molecule is CCN(CCNc1cc(C)c(Br)cn1)C1CC1. The predicted molar refractivity (Wildman–Crippen MR) is 75.4 cm³/mol. The highest BCUT2D eigenvalue weighted by molar-refractivity contribution is 9.10. The van der Waals surface area contributed by atoms with Crippen LogP contribution in [0.2, 0.25) is 0 Å². The molecular formula is C13H20BrN3. The Labute approximate surface area is 112 Å². The predicted octanol–water partition coefficient (Wildman–Crippen LogP) is 3.05. The molecule has 1 aliphatic rings. The van der Waals surface area contributed by atoms with Crippen LogP contribution in [0, 0.1) is 6.92 Å². The monoisotopic (exact) mass is 297 g/mol. The van der Waals surface area contributed by atoms with Gasteiger partial charge in [0.25, 0.3) is 0 Å². The van der Waals surface area contributed by atoms with Crippen molar-refractivity contribution in [3.05, 3.63) is 22.3 Å². The second-order valence-corrected chi connectivity index (χ2v) is 5.46. The van der Waals surface area contributed by atoms with Crippen molar-refractivity contribution in [3.8, 4) is 0 Å². The van der Waals surface area contributed by atoms with Crippen molar-refractivity contribution in [3.63, 3.8) is 0 Å². The second-order valence-electron chi connectivity index (χ2n) is 4.61. The number of likely N-dealkylation sites (N-methyl/N-ethyl adjacent to an activating group) is 1. The van der Waals surface area contributed by atoms with Crippen LogP contribution in [0.4, 0.5) is 5.82 Å². The van der Waals surface area contributed by atoms with Crippen molar-refractivity contribution in [1.82, 2.24) is 9.88 Å². The van der Waals surface area contributed by atoms with Gasteiger partial charge in [-0.25, -0.2) is 4.98 Å². The summed E-state index contributed by atoms with van der Waals surface area (Å²) in [6.07, 6.45) is 4.61. The molecule has 1 aromatic heterocycles. The van der Waals surface area contributed by atoms with Crippen molar-refractivity contribution >= 4 is 21.7 Å². The molecule has 0 atom stereocenters. The Kier molecular flexibility index (Phi) is 4.40. The van der Waals surface area contributed by atoms with Gasteiger partial charge in [0.1, 0.15) is 5.82 Å². The first-order chi connectivity index (χ1) is 8.20. The van der Waals surface area contributed by atoms with Crippen LogP contribution in [-0.4, -0.2) is 35.6 Å². The molecule has 1 aromatic rings. The lowest BCUT2D eigenvalue weighted by molar-refractivity contribution is 0.289. The van der Waals surface area contributed by atoms with Crippen molar-refractivity contribution in [2.24, 2.45) is 0 Å². The van der Waals surface area contributed by atoms with Crippen molar-refractivity contribution in [2.45, 2.75) is 32.7 Å². The molecular weight excluding hydrogens is 278 g/mol. The third-order valence-corrected chi connectivity index (χ3v) is 4.05. The summed E-state index contributed by atoms with van der Waals surface area (Å²) in [5.41, 5.74) is 1.22. The van der Waals surface area contributed by atoms with E-state index in [-0.39, 0.29) is 0 Å². The maximum absolute atomic E-state index is 4.35. The summed E-state index contributed by atoms with van der Waals surface area (Å²) >= 11 is 3.46. The minimum atomic E-state index is 0.849. The number of aryl methyl sites for hydroxylation is 1. The molecule has 3 nitrogen and oxygen atoms in total. The number of hydrogen-bond donors (Lipinski definition) is 1. The van der Waals surface area contributed by atoms with E-state index in [1.165, 1.54) is 18.4 Å². The topological polar surface area (TPSA) is 28.2 Å². The zero-order valence-electron chi connectivity index (χ0n) is 10.5. The van der Waals surface area contributed by atoms with Crippen LogP contribution in [0.3, 0.4) is 0 Å². The summed E-state index contributed by atoms with van der Waals surface area (Å²) in [5, 5.41) is 3.39. The van der Waals surface area contributed by atoms with E-state index in [0.29, 0.717) is 0 Å². The van der Waals surface area contributed by atoms with Crippen LogP contribution < -0.4 is 5.32 Å². The normalized spacial score (nSPS) is 15.3. The van der Waals surface area contributed by atoms with E-state index in [1.807, 2.05) is 6.20 Å². The van der Waals surface area contributed by atoms with Gasteiger partial charge >= 0.3 is 0 Å². The zero-order chi connectivity index (χ0) is 12.3. The molecule has 1 aliphatic carbocycles. The molecule has 0 aliphatic heterocycles. The Hall–Kier alpha value is -0.610. The summed E-state index contributed by atoms with van der Waals surface area (Å²) in [5.74, 6) is 0.970. The van der Waals surface area contributed by atoms with E-state index >= 15 is 0 Å². The van der Waals surface area contributed by atoms with Crippen molar-refractivity contribution < 1.29 is 0 Å². The molecule has 1 saturated carbocycles. The van der Waals surface area contributed by atoms with E-state index in [9.17, 15) is 0 Å². The van der Waals surface area contributed by atoms with Crippen LogP contribution in [0.15, 0.2) is 16.7 Å². The van der Waals surface area contributed by atoms with Gasteiger partial charge in [-0.3, -0.25) is 4.90 Å². The Morgan fingerprint density at radius 1 is 1.53 bits per heavy atom. The first-order valence-electron chi connectivity index (χ1n) is 6.30. The molecule has 1 N–H and O–H groups in total. The molecule has 0 aromatic carbocycles. The quantitative estimate of drug-likeness (QED) is 0.875. The number of pyridine rings is 1. The third-order valence-electron chi connectivity index (χ3n) is 3.22. The van der Waals surface area contributed by atoms with Crippen LogP contribution >= 0.6 is 15.9 Å². The van der Waals surface area contributed by atoms with Crippen LogP contribution in [-0.2, 0) is 0 Å². The first kappa shape index (κ1) is 12.8. The molecule has 4 heteroatoms. The van der Waals surface area contributed by atoms with Gasteiger partial charge in [0.05, 0.1) is 0 Å². The lowest BCUT2D eigenvalue weighted by atomic mass is 10.3. The van der Waals surface area contributed by atoms with Gasteiger partial charge < -0.3 is 5.32 Å². The number of anilines is 1. The van der Waals surface area contributed by atoms with E-state index in [1.54, 1.807) is 0 Å². The van der Waals surface area contributed by atoms with Gasteiger partial charge in [-0.15, -0.1) is 0 Å². The number of aromatic nitrogens is 1. The molecule has 94 valence electrons. The summed E-state index contributed by atoms with van der Waals surface area (Å²) in [6.45, 7) is 7.55. The lowest BCUT2D eigenvalue weighted by Crippen LogP contribution is -2.31. The number of halogens is 1. The van der Waals surface area contributed by atoms with Gasteiger partial charge in [0.15, 0.2) is 0 Å². The Morgan fingerprint density at radius 2 is 2.29 bits per heavy atom. The Balaban J connectivity index is 1.78. The summed E-state index contributed by atoms with van der Waals surface area (Å²) in [4.78, 5) is 6.89. The van der Waals surface area contributed by atoms with Gasteiger partial charge in [-0.05, 0) is 53.9 Å². The van der Waals surface area contributed by atoms with E-state index < -0.39 is 0 Å². The number of rotatable bonds is 6. The lowest BCUT2D eigenvalue weighted by Gasteiger charge is -2.20. The summed E-state index contributed by atoms with van der Waals surface area (Å²) in [7, 11) is 0. The largest absolute Gasteiger partial charge is 0.369 e. The van der Waals surface area contributed by atoms with Gasteiger partial charge in [0.2, 0.25) is 0 Å². The highest BCUT2D eigenvalue weighted by Gasteiger charge is 2.27. The van der Waals surface area contributed by atoms with Gasteiger partial charge in [0, 0.05) is 29.8 Å². The average Bonchev–Trinajstić information content (AvgIpc) is 3.13. The maximum atomic E-state index is 4.35. The Bertz CT molecular complexity index is 377. The summed E-state index contributed by atoms with van der Waals surface area (Å²) in [6, 6.07) is 2.93. The van der Waals surface area contributed by atoms with Crippen molar-refractivity contribution in [1.29, 1.82) is 0 Å². The first-order valence-corrected chi connectivity index (χ1v) is 7.10. The molecule has 1 fully saturated rings. The van der Waals surface area contributed by atoms with Crippen LogP contribution in [0.5, 0.6) is 0 Å². The van der Waals surface area contributed by atoms with E-state index in [4.69, 9.17) is 0 Å². The maximum Gasteiger partial charge on any atom is 0.126 e. The minimum Gasteiger partial charge on any atom is -0.369 e. The highest BCUT2D eigenvalue weighted by atomic mass is 79.9. The highest BCUT2D eigenvalue weighted by Crippen LogP contribution is 2.26. The van der Waals surface area contributed by atoms with Crippen LogP contribution in [0.1, 0.15) is 25.3 Å². The number of nitrogens with one attached hydrogen (secondary N) is 1. The summed E-state index contributed by atoms with van der Waals surface area (Å²) < 4.78 is 1.07. The fraction of sp³-hybridized carbons (Fsp3) is 0.615.